The molecule has 2 atom stereocenters. The van der Waals surface area contributed by atoms with Gasteiger partial charge in [0, 0.05) is 6.08 Å². The SMILES string of the molecule is C=CC(=O)OC(CCC)C(c1ccccc1)N(C)C.COS(=O)(=O)O. The first-order valence-electron chi connectivity index (χ1n) is 7.73. The molecule has 0 aliphatic rings. The van der Waals surface area contributed by atoms with Crippen molar-refractivity contribution in [3.63, 3.8) is 0 Å². The number of hydrogen-bond donors (Lipinski definition) is 1. The molecule has 1 N–H and O–H groups in total. The van der Waals surface area contributed by atoms with E-state index < -0.39 is 10.4 Å². The predicted molar refractivity (Wildman–Crippen MR) is 96.4 cm³/mol. The van der Waals surface area contributed by atoms with Gasteiger partial charge in [0.1, 0.15) is 6.10 Å². The molecule has 0 saturated carbocycles. The maximum atomic E-state index is 11.5. The third kappa shape index (κ3) is 9.98. The van der Waals surface area contributed by atoms with Gasteiger partial charge in [-0.05, 0) is 26.1 Å². The summed E-state index contributed by atoms with van der Waals surface area (Å²) in [6.45, 7) is 5.55. The molecule has 7 nitrogen and oxygen atoms in total. The van der Waals surface area contributed by atoms with Gasteiger partial charge in [-0.15, -0.1) is 0 Å². The Balaban J connectivity index is 0.000000823. The number of nitrogens with zero attached hydrogens (tertiary/aromatic N) is 1. The average Bonchev–Trinajstić information content (AvgIpc) is 2.55. The van der Waals surface area contributed by atoms with Gasteiger partial charge in [-0.2, -0.15) is 8.42 Å². The summed E-state index contributed by atoms with van der Waals surface area (Å²) in [4.78, 5) is 13.6. The molecule has 0 spiro atoms. The van der Waals surface area contributed by atoms with E-state index in [4.69, 9.17) is 9.29 Å². The Bertz CT molecular complexity index is 615. The van der Waals surface area contributed by atoms with Gasteiger partial charge >= 0.3 is 16.4 Å². The highest BCUT2D eigenvalue weighted by Gasteiger charge is 2.27. The van der Waals surface area contributed by atoms with E-state index in [1.54, 1.807) is 0 Å². The number of benzene rings is 1. The average molecular weight is 373 g/mol. The molecule has 0 heterocycles. The molecule has 2 unspecified atom stereocenters. The summed E-state index contributed by atoms with van der Waals surface area (Å²) in [5.74, 6) is -0.360. The minimum atomic E-state index is -4.16. The number of carbonyl (C=O) groups excluding carboxylic acids is 1. The number of esters is 1. The number of carbonyl (C=O) groups is 1. The van der Waals surface area contributed by atoms with E-state index in [1.807, 2.05) is 32.3 Å². The molecular formula is C17H27NO6S. The van der Waals surface area contributed by atoms with Crippen LogP contribution in [0.5, 0.6) is 0 Å². The molecule has 0 radical (unpaired) electrons. The highest BCUT2D eigenvalue weighted by atomic mass is 32.3. The van der Waals surface area contributed by atoms with Gasteiger partial charge in [-0.25, -0.2) is 4.79 Å². The lowest BCUT2D eigenvalue weighted by Gasteiger charge is -2.32. The zero-order chi connectivity index (χ0) is 19.5. The third-order valence-electron chi connectivity index (χ3n) is 3.27. The van der Waals surface area contributed by atoms with E-state index in [-0.39, 0.29) is 18.1 Å². The quantitative estimate of drug-likeness (QED) is 0.425. The maximum absolute atomic E-state index is 11.5. The second kappa shape index (κ2) is 11.8. The Morgan fingerprint density at radius 1 is 1.32 bits per heavy atom. The summed E-state index contributed by atoms with van der Waals surface area (Å²) in [7, 11) is 0.712. The van der Waals surface area contributed by atoms with Crippen LogP contribution in [0.2, 0.25) is 0 Å². The second-order valence-corrected chi connectivity index (χ2v) is 6.57. The zero-order valence-electron chi connectivity index (χ0n) is 15.1. The molecule has 0 amide bonds. The fraction of sp³-hybridized carbons (Fsp3) is 0.471. The molecule has 1 aromatic carbocycles. The minimum absolute atomic E-state index is 0.0602. The van der Waals surface area contributed by atoms with Gasteiger partial charge < -0.3 is 4.74 Å². The summed E-state index contributed by atoms with van der Waals surface area (Å²) in [6, 6.07) is 10.2. The van der Waals surface area contributed by atoms with Crippen molar-refractivity contribution in [2.45, 2.75) is 31.9 Å². The lowest BCUT2D eigenvalue weighted by atomic mass is 9.97. The normalized spacial score (nSPS) is 13.4. The molecule has 1 rings (SSSR count). The molecule has 0 fully saturated rings. The van der Waals surface area contributed by atoms with Gasteiger partial charge in [0.05, 0.1) is 13.2 Å². The van der Waals surface area contributed by atoms with Crippen LogP contribution < -0.4 is 0 Å². The van der Waals surface area contributed by atoms with Crippen LogP contribution >= 0.6 is 0 Å². The second-order valence-electron chi connectivity index (χ2n) is 5.38. The summed E-state index contributed by atoms with van der Waals surface area (Å²) >= 11 is 0. The Labute approximate surface area is 150 Å². The van der Waals surface area contributed by atoms with Crippen molar-refractivity contribution in [1.82, 2.24) is 4.90 Å². The minimum Gasteiger partial charge on any atom is -0.457 e. The van der Waals surface area contributed by atoms with E-state index in [1.165, 1.54) is 6.08 Å². The highest BCUT2D eigenvalue weighted by Crippen LogP contribution is 2.27. The number of rotatable bonds is 8. The highest BCUT2D eigenvalue weighted by molar-refractivity contribution is 7.80. The van der Waals surface area contributed by atoms with Gasteiger partial charge in [-0.3, -0.25) is 13.6 Å². The lowest BCUT2D eigenvalue weighted by Crippen LogP contribution is -2.34. The van der Waals surface area contributed by atoms with Crippen LogP contribution in [0.15, 0.2) is 43.0 Å². The molecular weight excluding hydrogens is 346 g/mol. The van der Waals surface area contributed by atoms with Crippen molar-refractivity contribution in [2.75, 3.05) is 21.2 Å². The third-order valence-corrected chi connectivity index (χ3v) is 3.69. The van der Waals surface area contributed by atoms with Gasteiger partial charge in [0.25, 0.3) is 0 Å². The molecule has 142 valence electrons. The van der Waals surface area contributed by atoms with Gasteiger partial charge in [-0.1, -0.05) is 50.3 Å². The number of likely N-dealkylation sites (N-methyl/N-ethyl adjacent to an activating group) is 1. The standard InChI is InChI=1S/C16H23NO2.CH4O4S/c1-5-10-14(19-15(18)6-2)16(17(3)4)13-11-8-7-9-12-13;1-5-6(2,3)4/h6-9,11-12,14,16H,2,5,10H2,1,3-4H3;1H3,(H,2,3,4). The van der Waals surface area contributed by atoms with Crippen molar-refractivity contribution < 1.29 is 26.7 Å². The fourth-order valence-electron chi connectivity index (χ4n) is 2.26. The predicted octanol–water partition coefficient (Wildman–Crippen LogP) is 2.62. The van der Waals surface area contributed by atoms with Crippen LogP contribution in [0.4, 0.5) is 0 Å². The molecule has 0 bridgehead atoms. The van der Waals surface area contributed by atoms with Crippen LogP contribution in [-0.2, 0) is 24.1 Å². The summed E-state index contributed by atoms with van der Waals surface area (Å²) in [6.07, 6.45) is 2.86. The van der Waals surface area contributed by atoms with Crippen LogP contribution in [0.3, 0.4) is 0 Å². The largest absolute Gasteiger partial charge is 0.457 e. The van der Waals surface area contributed by atoms with Crippen molar-refractivity contribution in [3.05, 3.63) is 48.6 Å². The molecule has 25 heavy (non-hydrogen) atoms. The molecule has 0 aliphatic heterocycles. The van der Waals surface area contributed by atoms with E-state index in [0.717, 1.165) is 25.5 Å². The Morgan fingerprint density at radius 2 is 1.84 bits per heavy atom. The first-order chi connectivity index (χ1) is 11.7. The summed E-state index contributed by atoms with van der Waals surface area (Å²) < 4.78 is 35.2. The molecule has 1 aromatic rings. The van der Waals surface area contributed by atoms with E-state index in [2.05, 4.69) is 34.7 Å². The lowest BCUT2D eigenvalue weighted by molar-refractivity contribution is -0.146. The monoisotopic (exact) mass is 373 g/mol. The molecule has 0 aromatic heterocycles. The van der Waals surface area contributed by atoms with Crippen molar-refractivity contribution >= 4 is 16.4 Å². The molecule has 0 saturated heterocycles. The maximum Gasteiger partial charge on any atom is 0.397 e. The summed E-state index contributed by atoms with van der Waals surface area (Å²) in [5, 5.41) is 0. The Morgan fingerprint density at radius 3 is 2.20 bits per heavy atom. The van der Waals surface area contributed by atoms with Crippen molar-refractivity contribution in [3.8, 4) is 0 Å². The van der Waals surface area contributed by atoms with Gasteiger partial charge in [0.2, 0.25) is 0 Å². The van der Waals surface area contributed by atoms with Crippen molar-refractivity contribution in [1.29, 1.82) is 0 Å². The van der Waals surface area contributed by atoms with Crippen molar-refractivity contribution in [2.24, 2.45) is 0 Å². The smallest absolute Gasteiger partial charge is 0.397 e. The van der Waals surface area contributed by atoms with Crippen LogP contribution in [-0.4, -0.2) is 51.1 Å². The number of hydrogen-bond acceptors (Lipinski definition) is 6. The number of ether oxygens (including phenoxy) is 1. The van der Waals surface area contributed by atoms with E-state index >= 15 is 0 Å². The first kappa shape index (κ1) is 23.3. The first-order valence-corrected chi connectivity index (χ1v) is 9.10. The fourth-order valence-corrected chi connectivity index (χ4v) is 2.26. The van der Waals surface area contributed by atoms with Crippen LogP contribution in [0.25, 0.3) is 0 Å². The topological polar surface area (TPSA) is 93.1 Å². The van der Waals surface area contributed by atoms with Gasteiger partial charge in [0.15, 0.2) is 0 Å². The van der Waals surface area contributed by atoms with E-state index in [9.17, 15) is 13.2 Å². The molecule has 8 heteroatoms. The zero-order valence-corrected chi connectivity index (χ0v) is 15.9. The van der Waals surface area contributed by atoms with Crippen LogP contribution in [0, 0.1) is 0 Å². The molecule has 0 aliphatic carbocycles. The Hall–Kier alpha value is -1.74. The van der Waals surface area contributed by atoms with Crippen LogP contribution in [0.1, 0.15) is 31.4 Å². The Kier molecular flexibility index (Phi) is 10.9. The van der Waals surface area contributed by atoms with E-state index in [0.29, 0.717) is 0 Å². The summed E-state index contributed by atoms with van der Waals surface area (Å²) in [5.41, 5.74) is 1.16.